The highest BCUT2D eigenvalue weighted by Gasteiger charge is 2.27. The number of amides is 1. The van der Waals surface area contributed by atoms with E-state index >= 15 is 0 Å². The molecule has 0 fully saturated rings. The van der Waals surface area contributed by atoms with E-state index in [1.807, 2.05) is 55.5 Å². The van der Waals surface area contributed by atoms with Crippen molar-refractivity contribution in [2.45, 2.75) is 11.8 Å². The summed E-state index contributed by atoms with van der Waals surface area (Å²) in [6.07, 6.45) is 0. The lowest BCUT2D eigenvalue weighted by Crippen LogP contribution is -2.38. The van der Waals surface area contributed by atoms with Crippen LogP contribution >= 0.6 is 0 Å². The topological polar surface area (TPSA) is 75.7 Å². The number of hydrogen-bond donors (Lipinski definition) is 1. The van der Waals surface area contributed by atoms with Gasteiger partial charge < -0.3 is 10.1 Å². The molecule has 0 aromatic heterocycles. The van der Waals surface area contributed by atoms with E-state index in [2.05, 4.69) is 5.32 Å². The molecule has 0 spiro atoms. The van der Waals surface area contributed by atoms with Crippen LogP contribution in [0.2, 0.25) is 0 Å². The SMILES string of the molecule is COc1ccc(N(CC(=O)Nc2ccccc2-c2ccccc2)S(=O)(=O)c2ccc(C)cc2)cc1. The largest absolute Gasteiger partial charge is 0.497 e. The zero-order valence-corrected chi connectivity index (χ0v) is 20.3. The number of para-hydroxylation sites is 1. The van der Waals surface area contributed by atoms with Gasteiger partial charge in [0, 0.05) is 11.3 Å². The average molecular weight is 487 g/mol. The second-order valence-corrected chi connectivity index (χ2v) is 9.84. The lowest BCUT2D eigenvalue weighted by molar-refractivity contribution is -0.114. The van der Waals surface area contributed by atoms with Gasteiger partial charge in [-0.15, -0.1) is 0 Å². The van der Waals surface area contributed by atoms with E-state index in [9.17, 15) is 13.2 Å². The summed E-state index contributed by atoms with van der Waals surface area (Å²) in [5.41, 5.74) is 3.70. The van der Waals surface area contributed by atoms with E-state index in [0.29, 0.717) is 17.1 Å². The van der Waals surface area contributed by atoms with Crippen LogP contribution < -0.4 is 14.4 Å². The Morgan fingerprint density at radius 1 is 0.829 bits per heavy atom. The van der Waals surface area contributed by atoms with Gasteiger partial charge in [-0.1, -0.05) is 66.2 Å². The van der Waals surface area contributed by atoms with E-state index < -0.39 is 22.5 Å². The molecule has 0 atom stereocenters. The number of hydrogen-bond acceptors (Lipinski definition) is 4. The predicted octanol–water partition coefficient (Wildman–Crippen LogP) is 5.50. The van der Waals surface area contributed by atoms with Crippen LogP contribution in [0.5, 0.6) is 5.75 Å². The van der Waals surface area contributed by atoms with Crippen LogP contribution in [-0.4, -0.2) is 28.0 Å². The molecule has 4 rings (SSSR count). The van der Waals surface area contributed by atoms with Gasteiger partial charge in [0.05, 0.1) is 17.7 Å². The minimum absolute atomic E-state index is 0.108. The molecule has 0 aliphatic rings. The summed E-state index contributed by atoms with van der Waals surface area (Å²) in [5.74, 6) is 0.127. The zero-order chi connectivity index (χ0) is 24.8. The number of carbonyl (C=O) groups excluding carboxylic acids is 1. The minimum atomic E-state index is -4.01. The monoisotopic (exact) mass is 486 g/mol. The van der Waals surface area contributed by atoms with E-state index in [-0.39, 0.29) is 4.90 Å². The number of sulfonamides is 1. The van der Waals surface area contributed by atoms with Crippen molar-refractivity contribution >= 4 is 27.3 Å². The Labute approximate surface area is 205 Å². The summed E-state index contributed by atoms with van der Waals surface area (Å²) in [6, 6.07) is 30.2. The van der Waals surface area contributed by atoms with Crippen LogP contribution in [-0.2, 0) is 14.8 Å². The Bertz CT molecular complexity index is 1400. The van der Waals surface area contributed by atoms with Gasteiger partial charge in [-0.2, -0.15) is 0 Å². The Morgan fingerprint density at radius 2 is 1.46 bits per heavy atom. The first-order valence-electron chi connectivity index (χ1n) is 11.1. The smallest absolute Gasteiger partial charge is 0.264 e. The van der Waals surface area contributed by atoms with Crippen molar-refractivity contribution < 1.29 is 17.9 Å². The molecule has 4 aromatic carbocycles. The van der Waals surface area contributed by atoms with Crippen molar-refractivity contribution in [3.05, 3.63) is 109 Å². The highest BCUT2D eigenvalue weighted by atomic mass is 32.2. The van der Waals surface area contributed by atoms with Crippen LogP contribution in [0.15, 0.2) is 108 Å². The van der Waals surface area contributed by atoms with E-state index in [4.69, 9.17) is 4.74 Å². The number of carbonyl (C=O) groups is 1. The first-order chi connectivity index (χ1) is 16.9. The molecule has 0 saturated heterocycles. The molecule has 0 aliphatic carbocycles. The summed E-state index contributed by atoms with van der Waals surface area (Å²) in [5, 5.41) is 2.89. The molecule has 0 radical (unpaired) electrons. The maximum atomic E-state index is 13.6. The number of methoxy groups -OCH3 is 1. The van der Waals surface area contributed by atoms with E-state index in [0.717, 1.165) is 21.0 Å². The van der Waals surface area contributed by atoms with Gasteiger partial charge in [0.15, 0.2) is 0 Å². The number of nitrogens with zero attached hydrogens (tertiary/aromatic N) is 1. The van der Waals surface area contributed by atoms with E-state index in [1.54, 1.807) is 54.6 Å². The predicted molar refractivity (Wildman–Crippen MR) is 139 cm³/mol. The molecule has 35 heavy (non-hydrogen) atoms. The van der Waals surface area contributed by atoms with Gasteiger partial charge in [-0.25, -0.2) is 8.42 Å². The third-order valence-electron chi connectivity index (χ3n) is 5.54. The first kappa shape index (κ1) is 24.0. The molecule has 1 amide bonds. The molecule has 0 heterocycles. The number of benzene rings is 4. The summed E-state index contributed by atoms with van der Waals surface area (Å²) in [7, 11) is -2.47. The fourth-order valence-corrected chi connectivity index (χ4v) is 5.10. The van der Waals surface area contributed by atoms with Gasteiger partial charge in [-0.3, -0.25) is 9.10 Å². The quantitative estimate of drug-likeness (QED) is 0.357. The summed E-state index contributed by atoms with van der Waals surface area (Å²) >= 11 is 0. The van der Waals surface area contributed by atoms with Crippen LogP contribution in [0.3, 0.4) is 0 Å². The molecular formula is C28H26N2O4S. The fourth-order valence-electron chi connectivity index (χ4n) is 3.68. The summed E-state index contributed by atoms with van der Waals surface area (Å²) in [6.45, 7) is 1.49. The molecule has 4 aromatic rings. The molecule has 0 unspecified atom stereocenters. The summed E-state index contributed by atoms with van der Waals surface area (Å²) < 4.78 is 33.5. The molecule has 178 valence electrons. The van der Waals surface area contributed by atoms with Gasteiger partial charge in [0.1, 0.15) is 12.3 Å². The maximum Gasteiger partial charge on any atom is 0.264 e. The number of nitrogens with one attached hydrogen (secondary N) is 1. The second kappa shape index (κ2) is 10.4. The standard InChI is InChI=1S/C28H26N2O4S/c1-21-12-18-25(19-13-21)35(32,33)30(23-14-16-24(34-2)17-15-23)20-28(31)29-27-11-7-6-10-26(27)22-8-4-3-5-9-22/h3-19H,20H2,1-2H3,(H,29,31). The van der Waals surface area contributed by atoms with Crippen LogP contribution in [0.25, 0.3) is 11.1 Å². The van der Waals surface area contributed by atoms with E-state index in [1.165, 1.54) is 7.11 Å². The zero-order valence-electron chi connectivity index (χ0n) is 19.5. The van der Waals surface area contributed by atoms with Crippen molar-refractivity contribution in [1.29, 1.82) is 0 Å². The lowest BCUT2D eigenvalue weighted by Gasteiger charge is -2.24. The van der Waals surface area contributed by atoms with Gasteiger partial charge in [-0.05, 0) is 55.0 Å². The van der Waals surface area contributed by atoms with Crippen molar-refractivity contribution in [3.8, 4) is 16.9 Å². The molecule has 6 nitrogen and oxygen atoms in total. The van der Waals surface area contributed by atoms with Crippen LogP contribution in [0, 0.1) is 6.92 Å². The number of anilines is 2. The van der Waals surface area contributed by atoms with Crippen molar-refractivity contribution in [3.63, 3.8) is 0 Å². The molecule has 0 aliphatic heterocycles. The highest BCUT2D eigenvalue weighted by molar-refractivity contribution is 7.92. The Morgan fingerprint density at radius 3 is 2.11 bits per heavy atom. The Balaban J connectivity index is 1.66. The van der Waals surface area contributed by atoms with Gasteiger partial charge in [0.25, 0.3) is 10.0 Å². The van der Waals surface area contributed by atoms with Gasteiger partial charge >= 0.3 is 0 Å². The molecule has 0 saturated carbocycles. The number of rotatable bonds is 8. The average Bonchev–Trinajstić information content (AvgIpc) is 2.88. The number of aryl methyl sites for hydroxylation is 1. The van der Waals surface area contributed by atoms with Crippen molar-refractivity contribution in [2.24, 2.45) is 0 Å². The highest BCUT2D eigenvalue weighted by Crippen LogP contribution is 2.29. The number of ether oxygens (including phenoxy) is 1. The fraction of sp³-hybridized carbons (Fsp3) is 0.107. The van der Waals surface area contributed by atoms with Crippen molar-refractivity contribution in [1.82, 2.24) is 0 Å². The molecular weight excluding hydrogens is 460 g/mol. The third kappa shape index (κ3) is 5.53. The molecule has 7 heteroatoms. The van der Waals surface area contributed by atoms with Gasteiger partial charge in [0.2, 0.25) is 5.91 Å². The third-order valence-corrected chi connectivity index (χ3v) is 7.33. The molecule has 1 N–H and O–H groups in total. The minimum Gasteiger partial charge on any atom is -0.497 e. The normalized spacial score (nSPS) is 11.0. The van der Waals surface area contributed by atoms with Crippen molar-refractivity contribution in [2.75, 3.05) is 23.3 Å². The lowest BCUT2D eigenvalue weighted by atomic mass is 10.0. The summed E-state index contributed by atoms with van der Waals surface area (Å²) in [4.78, 5) is 13.3. The van der Waals surface area contributed by atoms with Crippen LogP contribution in [0.1, 0.15) is 5.56 Å². The molecule has 0 bridgehead atoms. The maximum absolute atomic E-state index is 13.6. The first-order valence-corrected chi connectivity index (χ1v) is 12.5. The Hall–Kier alpha value is -4.10. The Kier molecular flexibility index (Phi) is 7.17. The second-order valence-electron chi connectivity index (χ2n) is 7.98. The van der Waals surface area contributed by atoms with Crippen LogP contribution in [0.4, 0.5) is 11.4 Å².